The summed E-state index contributed by atoms with van der Waals surface area (Å²) in [6, 6.07) is 2.55. The van der Waals surface area contributed by atoms with Crippen molar-refractivity contribution in [3.8, 4) is 11.5 Å². The van der Waals surface area contributed by atoms with E-state index in [1.165, 1.54) is 27.2 Å². The molecule has 2 N–H and O–H groups in total. The van der Waals surface area contributed by atoms with Gasteiger partial charge in [0.05, 0.1) is 18.7 Å². The van der Waals surface area contributed by atoms with Crippen LogP contribution in [0.3, 0.4) is 0 Å². The highest BCUT2D eigenvalue weighted by molar-refractivity contribution is 6.32. The standard InChI is InChI=1S/C17H21ClN2O6/c1-5-25-13-9-11(8-12(18)15(13)24-4)6-7-14(21)26-10(2)16(22)20-17(23)19-3/h6-10H,5H2,1-4H3,(H2,19,20,22,23)/b7-6+/t10-/m0/s1. The summed E-state index contributed by atoms with van der Waals surface area (Å²) in [7, 11) is 2.83. The molecular formula is C17H21ClN2O6. The van der Waals surface area contributed by atoms with E-state index in [9.17, 15) is 14.4 Å². The Labute approximate surface area is 156 Å². The fraction of sp³-hybridized carbons (Fsp3) is 0.353. The van der Waals surface area contributed by atoms with Gasteiger partial charge in [-0.1, -0.05) is 11.6 Å². The predicted octanol–water partition coefficient (Wildman–Crippen LogP) is 2.15. The first-order valence-electron chi connectivity index (χ1n) is 7.73. The predicted molar refractivity (Wildman–Crippen MR) is 96.4 cm³/mol. The molecule has 8 nitrogen and oxygen atoms in total. The average molecular weight is 385 g/mol. The van der Waals surface area contributed by atoms with Gasteiger partial charge in [0.25, 0.3) is 5.91 Å². The van der Waals surface area contributed by atoms with E-state index in [0.717, 1.165) is 6.08 Å². The molecule has 0 saturated heterocycles. The maximum atomic E-state index is 11.8. The molecule has 0 aromatic heterocycles. The van der Waals surface area contributed by atoms with Crippen molar-refractivity contribution in [1.82, 2.24) is 10.6 Å². The van der Waals surface area contributed by atoms with E-state index in [2.05, 4.69) is 5.32 Å². The van der Waals surface area contributed by atoms with Gasteiger partial charge in [-0.05, 0) is 37.6 Å². The minimum Gasteiger partial charge on any atom is -0.491 e. The molecule has 0 saturated carbocycles. The second kappa shape index (κ2) is 10.3. The third-order valence-corrected chi connectivity index (χ3v) is 3.35. The number of hydrogen-bond acceptors (Lipinski definition) is 6. The zero-order valence-electron chi connectivity index (χ0n) is 14.9. The molecule has 3 amide bonds. The van der Waals surface area contributed by atoms with Gasteiger partial charge in [-0.3, -0.25) is 10.1 Å². The van der Waals surface area contributed by atoms with Gasteiger partial charge in [0.2, 0.25) is 0 Å². The SMILES string of the molecule is CCOc1cc(/C=C/C(=O)O[C@@H](C)C(=O)NC(=O)NC)cc(Cl)c1OC. The van der Waals surface area contributed by atoms with Gasteiger partial charge in [-0.25, -0.2) is 9.59 Å². The molecule has 1 rings (SSSR count). The number of hydrogen-bond donors (Lipinski definition) is 2. The number of esters is 1. The maximum absolute atomic E-state index is 11.8. The van der Waals surface area contributed by atoms with Gasteiger partial charge in [-0.15, -0.1) is 0 Å². The van der Waals surface area contributed by atoms with Crippen LogP contribution in [0.15, 0.2) is 18.2 Å². The molecule has 0 aliphatic heterocycles. The fourth-order valence-electron chi connectivity index (χ4n) is 1.85. The zero-order valence-corrected chi connectivity index (χ0v) is 15.7. The molecule has 0 spiro atoms. The van der Waals surface area contributed by atoms with Crippen LogP contribution < -0.4 is 20.1 Å². The summed E-state index contributed by atoms with van der Waals surface area (Å²) in [5.41, 5.74) is 0.582. The number of methoxy groups -OCH3 is 1. The number of benzene rings is 1. The molecule has 1 atom stereocenters. The zero-order chi connectivity index (χ0) is 19.7. The van der Waals surface area contributed by atoms with E-state index >= 15 is 0 Å². The highest BCUT2D eigenvalue weighted by atomic mass is 35.5. The van der Waals surface area contributed by atoms with Crippen LogP contribution in [-0.2, 0) is 14.3 Å². The summed E-state index contributed by atoms with van der Waals surface area (Å²) in [5, 5.41) is 4.56. The molecule has 0 aliphatic rings. The van der Waals surface area contributed by atoms with Gasteiger partial charge in [0.1, 0.15) is 0 Å². The summed E-state index contributed by atoms with van der Waals surface area (Å²) in [6.07, 6.45) is 1.46. The van der Waals surface area contributed by atoms with Crippen molar-refractivity contribution in [3.63, 3.8) is 0 Å². The molecule has 0 heterocycles. The average Bonchev–Trinajstić information content (AvgIpc) is 2.59. The van der Waals surface area contributed by atoms with Crippen molar-refractivity contribution in [2.75, 3.05) is 20.8 Å². The molecular weight excluding hydrogens is 364 g/mol. The summed E-state index contributed by atoms with van der Waals surface area (Å²) >= 11 is 6.13. The number of amides is 3. The quantitative estimate of drug-likeness (QED) is 0.551. The minimum atomic E-state index is -1.14. The van der Waals surface area contributed by atoms with Crippen molar-refractivity contribution in [2.24, 2.45) is 0 Å². The fourth-order valence-corrected chi connectivity index (χ4v) is 2.15. The van der Waals surface area contributed by atoms with Crippen molar-refractivity contribution in [2.45, 2.75) is 20.0 Å². The van der Waals surface area contributed by atoms with Crippen molar-refractivity contribution in [1.29, 1.82) is 0 Å². The van der Waals surface area contributed by atoms with E-state index < -0.39 is 24.0 Å². The van der Waals surface area contributed by atoms with E-state index in [1.807, 2.05) is 12.2 Å². The van der Waals surface area contributed by atoms with Crippen LogP contribution in [0.2, 0.25) is 5.02 Å². The number of carbonyl (C=O) groups excluding carboxylic acids is 3. The Kier molecular flexibility index (Phi) is 8.44. The Morgan fingerprint density at radius 3 is 2.58 bits per heavy atom. The van der Waals surface area contributed by atoms with Crippen LogP contribution in [0.4, 0.5) is 4.79 Å². The van der Waals surface area contributed by atoms with E-state index in [4.69, 9.17) is 25.8 Å². The molecule has 0 aliphatic carbocycles. The largest absolute Gasteiger partial charge is 0.491 e. The van der Waals surface area contributed by atoms with Gasteiger partial charge >= 0.3 is 12.0 Å². The molecule has 0 bridgehead atoms. The molecule has 1 aromatic rings. The number of imide groups is 1. The molecule has 142 valence electrons. The summed E-state index contributed by atoms with van der Waals surface area (Å²) in [6.45, 7) is 3.58. The van der Waals surface area contributed by atoms with Gasteiger partial charge in [0, 0.05) is 13.1 Å². The third kappa shape index (κ3) is 6.29. The second-order valence-electron chi connectivity index (χ2n) is 4.95. The Balaban J connectivity index is 2.79. The molecule has 26 heavy (non-hydrogen) atoms. The Morgan fingerprint density at radius 2 is 2.00 bits per heavy atom. The molecule has 9 heteroatoms. The Hall–Kier alpha value is -2.74. The Bertz CT molecular complexity index is 705. The summed E-state index contributed by atoms with van der Waals surface area (Å²) in [4.78, 5) is 34.5. The number of ether oxygens (including phenoxy) is 3. The smallest absolute Gasteiger partial charge is 0.331 e. The van der Waals surface area contributed by atoms with Gasteiger partial charge in [-0.2, -0.15) is 0 Å². The number of urea groups is 1. The molecule has 0 fully saturated rings. The minimum absolute atomic E-state index is 0.324. The lowest BCUT2D eigenvalue weighted by atomic mass is 10.2. The number of halogens is 1. The molecule has 0 unspecified atom stereocenters. The number of rotatable bonds is 7. The highest BCUT2D eigenvalue weighted by Gasteiger charge is 2.18. The van der Waals surface area contributed by atoms with Crippen molar-refractivity contribution < 1.29 is 28.6 Å². The second-order valence-corrected chi connectivity index (χ2v) is 5.36. The first-order valence-corrected chi connectivity index (χ1v) is 8.11. The first kappa shape index (κ1) is 21.3. The van der Waals surface area contributed by atoms with Crippen LogP contribution in [0.25, 0.3) is 6.08 Å². The topological polar surface area (TPSA) is 103 Å². The van der Waals surface area contributed by atoms with Gasteiger partial charge < -0.3 is 19.5 Å². The normalized spacial score (nSPS) is 11.6. The van der Waals surface area contributed by atoms with Crippen LogP contribution in [0.1, 0.15) is 19.4 Å². The van der Waals surface area contributed by atoms with Crippen LogP contribution >= 0.6 is 11.6 Å². The lowest BCUT2D eigenvalue weighted by Crippen LogP contribution is -2.43. The molecule has 0 radical (unpaired) electrons. The number of carbonyl (C=O) groups is 3. The Morgan fingerprint density at radius 1 is 1.31 bits per heavy atom. The van der Waals surface area contributed by atoms with Crippen molar-refractivity contribution >= 4 is 35.6 Å². The summed E-state index contributed by atoms with van der Waals surface area (Å²) in [5.74, 6) is -0.659. The lowest BCUT2D eigenvalue weighted by Gasteiger charge is -2.12. The van der Waals surface area contributed by atoms with Crippen LogP contribution in [0.5, 0.6) is 11.5 Å². The molecule has 1 aromatic carbocycles. The van der Waals surface area contributed by atoms with E-state index in [1.54, 1.807) is 12.1 Å². The van der Waals surface area contributed by atoms with Crippen LogP contribution in [-0.4, -0.2) is 44.8 Å². The highest BCUT2D eigenvalue weighted by Crippen LogP contribution is 2.36. The van der Waals surface area contributed by atoms with E-state index in [-0.39, 0.29) is 0 Å². The monoisotopic (exact) mass is 384 g/mol. The lowest BCUT2D eigenvalue weighted by molar-refractivity contribution is -0.149. The van der Waals surface area contributed by atoms with Crippen LogP contribution in [0, 0.1) is 0 Å². The third-order valence-electron chi connectivity index (χ3n) is 3.07. The summed E-state index contributed by atoms with van der Waals surface area (Å²) < 4.78 is 15.6. The van der Waals surface area contributed by atoms with Crippen molar-refractivity contribution in [3.05, 3.63) is 28.8 Å². The first-order chi connectivity index (χ1) is 12.3. The number of nitrogens with one attached hydrogen (secondary N) is 2. The maximum Gasteiger partial charge on any atom is 0.331 e. The van der Waals surface area contributed by atoms with Gasteiger partial charge in [0.15, 0.2) is 17.6 Å². The van der Waals surface area contributed by atoms with E-state index in [0.29, 0.717) is 28.7 Å².